The fraction of sp³-hybridized carbons (Fsp3) is 0. The molecule has 0 aliphatic rings. The van der Waals surface area contributed by atoms with Crippen LogP contribution in [-0.4, -0.2) is 16.2 Å². The normalized spacial score (nSPS) is 10.1. The maximum Gasteiger partial charge on any atom is 0.323 e. The molecule has 0 atom stereocenters. The van der Waals surface area contributed by atoms with E-state index >= 15 is 0 Å². The molecule has 104 valence electrons. The van der Waals surface area contributed by atoms with Crippen molar-refractivity contribution in [3.05, 3.63) is 47.2 Å². The van der Waals surface area contributed by atoms with Gasteiger partial charge in [-0.3, -0.25) is 0 Å². The molecular formula is C13H10ClFN2O3. The summed E-state index contributed by atoms with van der Waals surface area (Å²) >= 11 is 5.59. The van der Waals surface area contributed by atoms with Crippen molar-refractivity contribution in [3.8, 4) is 11.5 Å². The van der Waals surface area contributed by atoms with E-state index in [4.69, 9.17) is 11.6 Å². The molecule has 0 bridgehead atoms. The number of benzene rings is 2. The Morgan fingerprint density at radius 1 is 1.00 bits per heavy atom. The zero-order valence-corrected chi connectivity index (χ0v) is 10.8. The summed E-state index contributed by atoms with van der Waals surface area (Å²) in [5.74, 6) is -0.967. The molecule has 0 heterocycles. The van der Waals surface area contributed by atoms with Gasteiger partial charge in [-0.05, 0) is 18.2 Å². The van der Waals surface area contributed by atoms with E-state index in [-0.39, 0.29) is 22.2 Å². The van der Waals surface area contributed by atoms with E-state index in [1.54, 1.807) is 0 Å². The number of phenols is 2. The lowest BCUT2D eigenvalue weighted by Gasteiger charge is -2.09. The summed E-state index contributed by atoms with van der Waals surface area (Å²) in [5, 5.41) is 23.3. The van der Waals surface area contributed by atoms with Crippen LogP contribution in [0, 0.1) is 5.82 Å². The number of urea groups is 1. The highest BCUT2D eigenvalue weighted by molar-refractivity contribution is 6.31. The number of rotatable bonds is 2. The number of carbonyl (C=O) groups is 1. The molecule has 2 aromatic carbocycles. The van der Waals surface area contributed by atoms with Crippen LogP contribution in [-0.2, 0) is 0 Å². The molecule has 0 fully saturated rings. The molecule has 2 amide bonds. The van der Waals surface area contributed by atoms with Gasteiger partial charge in [0.05, 0.1) is 5.02 Å². The standard InChI is InChI=1S/C13H10ClFN2O3/c14-11-5-7(1-2-12(11)15)16-13(20)17-8-3-9(18)6-10(19)4-8/h1-6,18-19H,(H2,16,17,20). The second-order valence-corrected chi connectivity index (χ2v) is 4.35. The Kier molecular flexibility index (Phi) is 3.95. The predicted octanol–water partition coefficient (Wildman–Crippen LogP) is 3.53. The first-order valence-corrected chi connectivity index (χ1v) is 5.88. The zero-order chi connectivity index (χ0) is 14.7. The van der Waals surface area contributed by atoms with Gasteiger partial charge in [0.15, 0.2) is 0 Å². The van der Waals surface area contributed by atoms with Crippen molar-refractivity contribution in [1.82, 2.24) is 0 Å². The molecule has 2 aromatic rings. The number of nitrogens with one attached hydrogen (secondary N) is 2. The first-order valence-electron chi connectivity index (χ1n) is 5.50. The molecule has 0 spiro atoms. The fourth-order valence-corrected chi connectivity index (χ4v) is 1.72. The van der Waals surface area contributed by atoms with Gasteiger partial charge >= 0.3 is 6.03 Å². The second-order valence-electron chi connectivity index (χ2n) is 3.95. The van der Waals surface area contributed by atoms with E-state index < -0.39 is 11.8 Å². The molecule has 4 N–H and O–H groups in total. The number of amides is 2. The third-order valence-electron chi connectivity index (χ3n) is 2.34. The van der Waals surface area contributed by atoms with Crippen molar-refractivity contribution in [2.75, 3.05) is 10.6 Å². The zero-order valence-electron chi connectivity index (χ0n) is 10.0. The summed E-state index contributed by atoms with van der Waals surface area (Å²) in [5.41, 5.74) is 0.506. The highest BCUT2D eigenvalue weighted by Crippen LogP contribution is 2.24. The Balaban J connectivity index is 2.06. The topological polar surface area (TPSA) is 81.6 Å². The number of carbonyl (C=O) groups excluding carboxylic acids is 1. The summed E-state index contributed by atoms with van der Waals surface area (Å²) in [6.07, 6.45) is 0. The van der Waals surface area contributed by atoms with E-state index in [1.807, 2.05) is 0 Å². The summed E-state index contributed by atoms with van der Waals surface area (Å²) < 4.78 is 13.0. The number of phenolic OH excluding ortho intramolecular Hbond substituents is 2. The molecule has 0 aliphatic heterocycles. The summed E-state index contributed by atoms with van der Waals surface area (Å²) in [4.78, 5) is 11.7. The van der Waals surface area contributed by atoms with Crippen LogP contribution in [0.2, 0.25) is 5.02 Å². The van der Waals surface area contributed by atoms with Crippen LogP contribution in [0.5, 0.6) is 11.5 Å². The van der Waals surface area contributed by atoms with Crippen molar-refractivity contribution in [1.29, 1.82) is 0 Å². The molecule has 2 rings (SSSR count). The van der Waals surface area contributed by atoms with Crippen molar-refractivity contribution < 1.29 is 19.4 Å². The quantitative estimate of drug-likeness (QED) is 0.684. The van der Waals surface area contributed by atoms with Crippen molar-refractivity contribution in [2.24, 2.45) is 0 Å². The van der Waals surface area contributed by atoms with E-state index in [0.29, 0.717) is 5.69 Å². The van der Waals surface area contributed by atoms with Gasteiger partial charge in [0.2, 0.25) is 0 Å². The van der Waals surface area contributed by atoms with Crippen LogP contribution >= 0.6 is 11.6 Å². The third kappa shape index (κ3) is 3.52. The smallest absolute Gasteiger partial charge is 0.323 e. The monoisotopic (exact) mass is 296 g/mol. The molecule has 0 unspecified atom stereocenters. The van der Waals surface area contributed by atoms with Gasteiger partial charge in [-0.15, -0.1) is 0 Å². The maximum atomic E-state index is 13.0. The Bertz CT molecular complexity index is 644. The van der Waals surface area contributed by atoms with Crippen molar-refractivity contribution in [2.45, 2.75) is 0 Å². The van der Waals surface area contributed by atoms with Gasteiger partial charge < -0.3 is 20.8 Å². The highest BCUT2D eigenvalue weighted by atomic mass is 35.5. The molecule has 0 aliphatic carbocycles. The molecule has 0 saturated heterocycles. The Hall–Kier alpha value is -2.47. The molecule has 20 heavy (non-hydrogen) atoms. The maximum absolute atomic E-state index is 13.0. The lowest BCUT2D eigenvalue weighted by Crippen LogP contribution is -2.19. The average Bonchev–Trinajstić information content (AvgIpc) is 2.32. The van der Waals surface area contributed by atoms with Crippen LogP contribution < -0.4 is 10.6 Å². The van der Waals surface area contributed by atoms with Crippen LogP contribution in [0.4, 0.5) is 20.6 Å². The van der Waals surface area contributed by atoms with Gasteiger partial charge in [-0.1, -0.05) is 11.6 Å². The summed E-state index contributed by atoms with van der Waals surface area (Å²) in [6.45, 7) is 0. The SMILES string of the molecule is O=C(Nc1cc(O)cc(O)c1)Nc1ccc(F)c(Cl)c1. The van der Waals surface area contributed by atoms with Crippen LogP contribution in [0.3, 0.4) is 0 Å². The van der Waals surface area contributed by atoms with Crippen molar-refractivity contribution in [3.63, 3.8) is 0 Å². The Labute approximate surface area is 118 Å². The molecule has 0 radical (unpaired) electrons. The van der Waals surface area contributed by atoms with Gasteiger partial charge in [-0.2, -0.15) is 0 Å². The molecule has 5 nitrogen and oxygen atoms in total. The Morgan fingerprint density at radius 2 is 1.60 bits per heavy atom. The van der Waals surface area contributed by atoms with Gasteiger partial charge in [-0.25, -0.2) is 9.18 Å². The summed E-state index contributed by atoms with van der Waals surface area (Å²) in [6, 6.07) is 6.75. The molecule has 7 heteroatoms. The van der Waals surface area contributed by atoms with E-state index in [1.165, 1.54) is 24.3 Å². The summed E-state index contributed by atoms with van der Waals surface area (Å²) in [7, 11) is 0. The average molecular weight is 297 g/mol. The minimum Gasteiger partial charge on any atom is -0.508 e. The minimum absolute atomic E-state index is 0.113. The fourth-order valence-electron chi connectivity index (χ4n) is 1.53. The second kappa shape index (κ2) is 5.66. The first-order chi connectivity index (χ1) is 9.44. The minimum atomic E-state index is -0.627. The lowest BCUT2D eigenvalue weighted by atomic mass is 10.3. The first kappa shape index (κ1) is 14.0. The van der Waals surface area contributed by atoms with E-state index in [9.17, 15) is 19.4 Å². The van der Waals surface area contributed by atoms with Gasteiger partial charge in [0.1, 0.15) is 17.3 Å². The third-order valence-corrected chi connectivity index (χ3v) is 2.63. The van der Waals surface area contributed by atoms with Crippen LogP contribution in [0.1, 0.15) is 0 Å². The number of aromatic hydroxyl groups is 2. The highest BCUT2D eigenvalue weighted by Gasteiger charge is 2.07. The van der Waals surface area contributed by atoms with Crippen LogP contribution in [0.25, 0.3) is 0 Å². The number of halogens is 2. The van der Waals surface area contributed by atoms with E-state index in [2.05, 4.69) is 10.6 Å². The lowest BCUT2D eigenvalue weighted by molar-refractivity contribution is 0.262. The molecule has 0 aromatic heterocycles. The predicted molar refractivity (Wildman–Crippen MR) is 73.8 cm³/mol. The number of anilines is 2. The largest absolute Gasteiger partial charge is 0.508 e. The molecular weight excluding hydrogens is 287 g/mol. The Morgan fingerprint density at radius 3 is 2.20 bits per heavy atom. The number of hydrogen-bond donors (Lipinski definition) is 4. The van der Waals surface area contributed by atoms with Gasteiger partial charge in [0.25, 0.3) is 0 Å². The molecule has 0 saturated carbocycles. The van der Waals surface area contributed by atoms with E-state index in [0.717, 1.165) is 12.1 Å². The van der Waals surface area contributed by atoms with Gasteiger partial charge in [0, 0.05) is 29.6 Å². The van der Waals surface area contributed by atoms with Crippen molar-refractivity contribution >= 4 is 29.0 Å². The van der Waals surface area contributed by atoms with Crippen LogP contribution in [0.15, 0.2) is 36.4 Å². The number of hydrogen-bond acceptors (Lipinski definition) is 3.